The molecule has 0 saturated heterocycles. The Hall–Kier alpha value is -6.84. The van der Waals surface area contributed by atoms with Gasteiger partial charge in [-0.2, -0.15) is 0 Å². The van der Waals surface area contributed by atoms with E-state index < -0.39 is 6.04 Å². The summed E-state index contributed by atoms with van der Waals surface area (Å²) in [7, 11) is 0. The molecule has 11 rings (SSSR count). The normalized spacial score (nSPS) is 13.3. The van der Waals surface area contributed by atoms with Gasteiger partial charge in [0.05, 0.1) is 51.3 Å². The van der Waals surface area contributed by atoms with E-state index in [1.165, 1.54) is 10.8 Å². The van der Waals surface area contributed by atoms with E-state index in [9.17, 15) is 0 Å². The first-order valence-corrected chi connectivity index (χ1v) is 17.1. The quantitative estimate of drug-likeness (QED) is 0.179. The van der Waals surface area contributed by atoms with E-state index >= 15 is 0 Å². The topological polar surface area (TPSA) is 14.8 Å². The molecule has 3 aromatic heterocycles. The Labute approximate surface area is 301 Å². The fourth-order valence-corrected chi connectivity index (χ4v) is 8.19. The van der Waals surface area contributed by atoms with E-state index in [1.807, 2.05) is 30.3 Å². The molecule has 51 heavy (non-hydrogen) atoms. The molecule has 3 heterocycles. The maximum atomic E-state index is 8.77. The molecule has 0 aliphatic carbocycles. The van der Waals surface area contributed by atoms with Crippen molar-refractivity contribution in [3.63, 3.8) is 0 Å². The maximum absolute atomic E-state index is 8.77. The number of hydrogen-bond acceptors (Lipinski definition) is 0. The molecule has 8 aromatic carbocycles. The average molecular weight is 655 g/mol. The number of nitrogens with zero attached hydrogens (tertiary/aromatic N) is 3. The number of hydrogen-bond donors (Lipinski definition) is 0. The van der Waals surface area contributed by atoms with Crippen LogP contribution in [0.5, 0.6) is 0 Å². The lowest BCUT2D eigenvalue weighted by Crippen LogP contribution is -2.03. The van der Waals surface area contributed by atoms with Crippen molar-refractivity contribution in [3.05, 3.63) is 188 Å². The molecule has 11 aromatic rings. The number of rotatable bonds is 4. The Morgan fingerprint density at radius 2 is 0.667 bits per heavy atom. The van der Waals surface area contributed by atoms with Crippen molar-refractivity contribution in [2.45, 2.75) is 0 Å². The maximum Gasteiger partial charge on any atom is 0.0702 e. The number of benzene rings is 8. The van der Waals surface area contributed by atoms with Crippen molar-refractivity contribution in [2.24, 2.45) is 0 Å². The third-order valence-electron chi connectivity index (χ3n) is 10.3. The van der Waals surface area contributed by atoms with Crippen LogP contribution in [0.1, 0.15) is 6.85 Å². The van der Waals surface area contributed by atoms with E-state index in [0.29, 0.717) is 0 Å². The number of para-hydroxylation sites is 7. The lowest BCUT2D eigenvalue weighted by molar-refractivity contribution is 1.10. The first kappa shape index (κ1) is 23.5. The van der Waals surface area contributed by atoms with Gasteiger partial charge in [0.1, 0.15) is 0 Å². The SMILES string of the molecule is [2H]c1c([2H])c([2H])c(-n2c3ccccc3c3cc(-c4ccc5c(c4)c4ccccc4n5-c4ccccc4-n4c5ccccc5c5ccccc54)ccc32)c([2H])c1[2H]. The van der Waals surface area contributed by atoms with Gasteiger partial charge < -0.3 is 13.7 Å². The van der Waals surface area contributed by atoms with Crippen molar-refractivity contribution in [2.75, 3.05) is 0 Å². The van der Waals surface area contributed by atoms with Gasteiger partial charge in [0.2, 0.25) is 0 Å². The highest BCUT2D eigenvalue weighted by Crippen LogP contribution is 2.40. The molecule has 0 aliphatic rings. The molecular formula is C48H31N3. The van der Waals surface area contributed by atoms with Gasteiger partial charge in [-0.1, -0.05) is 115 Å². The predicted octanol–water partition coefficient (Wildman–Crippen LogP) is 12.6. The molecule has 0 atom stereocenters. The van der Waals surface area contributed by atoms with Gasteiger partial charge in [-0.05, 0) is 83.9 Å². The van der Waals surface area contributed by atoms with Gasteiger partial charge in [0, 0.05) is 38.0 Å². The van der Waals surface area contributed by atoms with Crippen LogP contribution in [0.3, 0.4) is 0 Å². The van der Waals surface area contributed by atoms with Crippen LogP contribution >= 0.6 is 0 Å². The molecule has 0 radical (unpaired) electrons. The van der Waals surface area contributed by atoms with Crippen molar-refractivity contribution >= 4 is 65.4 Å². The molecule has 3 nitrogen and oxygen atoms in total. The molecule has 0 unspecified atom stereocenters. The zero-order valence-electron chi connectivity index (χ0n) is 32.4. The zero-order chi connectivity index (χ0) is 37.8. The molecule has 0 amide bonds. The Kier molecular flexibility index (Phi) is 4.99. The van der Waals surface area contributed by atoms with Crippen LogP contribution in [0.15, 0.2) is 188 Å². The smallest absolute Gasteiger partial charge is 0.0702 e. The highest BCUT2D eigenvalue weighted by molar-refractivity contribution is 6.13. The van der Waals surface area contributed by atoms with Gasteiger partial charge in [-0.15, -0.1) is 0 Å². The fraction of sp³-hybridized carbons (Fsp3) is 0. The number of fused-ring (bicyclic) bond motifs is 9. The first-order chi connectivity index (χ1) is 27.4. The summed E-state index contributed by atoms with van der Waals surface area (Å²) in [6.45, 7) is 0. The van der Waals surface area contributed by atoms with Crippen molar-refractivity contribution in [3.8, 4) is 28.2 Å². The van der Waals surface area contributed by atoms with Crippen LogP contribution < -0.4 is 0 Å². The lowest BCUT2D eigenvalue weighted by Gasteiger charge is -2.16. The molecular weight excluding hydrogens is 619 g/mol. The van der Waals surface area contributed by atoms with Crippen molar-refractivity contribution in [1.29, 1.82) is 0 Å². The summed E-state index contributed by atoms with van der Waals surface area (Å²) in [5.74, 6) is 0. The Morgan fingerprint density at radius 1 is 0.314 bits per heavy atom. The van der Waals surface area contributed by atoms with Crippen LogP contribution in [0.2, 0.25) is 0 Å². The van der Waals surface area contributed by atoms with Crippen LogP contribution in [-0.2, 0) is 0 Å². The fourth-order valence-electron chi connectivity index (χ4n) is 8.19. The van der Waals surface area contributed by atoms with Crippen LogP contribution in [0, 0.1) is 0 Å². The summed E-state index contributed by atoms with van der Waals surface area (Å²) in [5.41, 5.74) is 10.5. The summed E-state index contributed by atoms with van der Waals surface area (Å²) in [6, 6.07) is 53.6. The second-order valence-electron chi connectivity index (χ2n) is 13.0. The third-order valence-corrected chi connectivity index (χ3v) is 10.3. The van der Waals surface area contributed by atoms with Crippen LogP contribution in [0.4, 0.5) is 0 Å². The second-order valence-corrected chi connectivity index (χ2v) is 13.0. The molecule has 238 valence electrons. The summed E-state index contributed by atoms with van der Waals surface area (Å²) in [5, 5.41) is 6.61. The molecule has 0 saturated carbocycles. The van der Waals surface area contributed by atoms with E-state index in [1.54, 1.807) is 4.57 Å². The largest absolute Gasteiger partial charge is 0.309 e. The second kappa shape index (κ2) is 10.8. The Bertz CT molecular complexity index is 3360. The van der Waals surface area contributed by atoms with Gasteiger partial charge in [0.15, 0.2) is 0 Å². The molecule has 0 fully saturated rings. The number of aromatic nitrogens is 3. The Morgan fingerprint density at radius 3 is 1.14 bits per heavy atom. The molecule has 3 heteroatoms. The van der Waals surface area contributed by atoms with E-state index in [0.717, 1.165) is 77.1 Å². The minimum absolute atomic E-state index is 0.144. The van der Waals surface area contributed by atoms with Gasteiger partial charge in [-0.25, -0.2) is 0 Å². The predicted molar refractivity (Wildman–Crippen MR) is 215 cm³/mol. The highest BCUT2D eigenvalue weighted by Gasteiger charge is 2.20. The highest BCUT2D eigenvalue weighted by atomic mass is 15.1. The summed E-state index contributed by atoms with van der Waals surface area (Å²) in [6.07, 6.45) is 0. The van der Waals surface area contributed by atoms with E-state index in [4.69, 9.17) is 6.85 Å². The van der Waals surface area contributed by atoms with Gasteiger partial charge >= 0.3 is 0 Å². The van der Waals surface area contributed by atoms with Gasteiger partial charge in [-0.3, -0.25) is 0 Å². The van der Waals surface area contributed by atoms with Crippen molar-refractivity contribution < 1.29 is 6.85 Å². The van der Waals surface area contributed by atoms with E-state index in [2.05, 4.69) is 137 Å². The van der Waals surface area contributed by atoms with Crippen LogP contribution in [0.25, 0.3) is 93.6 Å². The minimum atomic E-state index is -0.404. The molecule has 0 N–H and O–H groups in total. The van der Waals surface area contributed by atoms with Crippen LogP contribution in [-0.4, -0.2) is 13.7 Å². The first-order valence-electron chi connectivity index (χ1n) is 19.6. The standard InChI is InChI=1S/C48H31N3/c1-2-14-34(15-3-1)49-41-20-8-6-18-37(41)39-30-32(26-28-45(39)49)33-27-29-46-40(31-33)38-19-7-11-23-44(38)51(46)48-25-13-12-24-47(48)50-42-21-9-4-16-35(42)36-17-5-10-22-43(36)50/h1-31H/i1D,2D,3D,14D,15D. The van der Waals surface area contributed by atoms with E-state index in [-0.39, 0.29) is 29.9 Å². The molecule has 0 bridgehead atoms. The molecule has 0 aliphatic heterocycles. The summed E-state index contributed by atoms with van der Waals surface area (Å²) < 4.78 is 49.0. The third kappa shape index (κ3) is 4.06. The monoisotopic (exact) mass is 654 g/mol. The zero-order valence-corrected chi connectivity index (χ0v) is 27.4. The minimum Gasteiger partial charge on any atom is -0.309 e. The van der Waals surface area contributed by atoms with Gasteiger partial charge in [0.25, 0.3) is 0 Å². The lowest BCUT2D eigenvalue weighted by atomic mass is 10.0. The summed E-state index contributed by atoms with van der Waals surface area (Å²) >= 11 is 0. The summed E-state index contributed by atoms with van der Waals surface area (Å²) in [4.78, 5) is 0. The average Bonchev–Trinajstić information content (AvgIpc) is 3.88. The molecule has 0 spiro atoms. The van der Waals surface area contributed by atoms with Crippen molar-refractivity contribution in [1.82, 2.24) is 13.7 Å². The Balaban J connectivity index is 1.12.